The van der Waals surface area contributed by atoms with E-state index in [1.54, 1.807) is 23.9 Å². The minimum atomic E-state index is -4.45. The number of ether oxygens (including phenoxy) is 2. The van der Waals surface area contributed by atoms with E-state index in [0.29, 0.717) is 56.6 Å². The number of thioether (sulfide) groups is 1. The van der Waals surface area contributed by atoms with Crippen LogP contribution in [-0.4, -0.2) is 98.7 Å². The minimum absolute atomic E-state index is 0.0654. The van der Waals surface area contributed by atoms with Crippen LogP contribution < -0.4 is 20.1 Å². The number of amides is 1. The highest BCUT2D eigenvalue weighted by atomic mass is 35.5. The molecule has 0 radical (unpaired) electrons. The van der Waals surface area contributed by atoms with Crippen molar-refractivity contribution in [2.75, 3.05) is 70.3 Å². The maximum absolute atomic E-state index is 13.4. The first-order chi connectivity index (χ1) is 26.8. The fourth-order valence-corrected chi connectivity index (χ4v) is 9.12. The van der Waals surface area contributed by atoms with Gasteiger partial charge in [0.25, 0.3) is 15.9 Å². The zero-order valence-corrected chi connectivity index (χ0v) is 35.0. The van der Waals surface area contributed by atoms with E-state index in [-0.39, 0.29) is 33.0 Å². The van der Waals surface area contributed by atoms with Gasteiger partial charge in [0.2, 0.25) is 0 Å². The molecule has 0 unspecified atom stereocenters. The molecule has 0 aliphatic carbocycles. The average Bonchev–Trinajstić information content (AvgIpc) is 3.19. The van der Waals surface area contributed by atoms with Crippen LogP contribution in [0.4, 0.5) is 5.69 Å². The molecule has 5 rings (SSSR count). The predicted molar refractivity (Wildman–Crippen MR) is 225 cm³/mol. The third kappa shape index (κ3) is 12.6. The van der Waals surface area contributed by atoms with Crippen molar-refractivity contribution in [3.63, 3.8) is 0 Å². The fourth-order valence-electron chi connectivity index (χ4n) is 5.92. The molecule has 56 heavy (non-hydrogen) atoms. The van der Waals surface area contributed by atoms with Gasteiger partial charge in [-0.3, -0.25) is 4.79 Å². The summed E-state index contributed by atoms with van der Waals surface area (Å²) in [5.41, 5.74) is 4.50. The standard InChI is InChI=1S/C41H49ClN4O7S3/c1-4-55(48,49)40-26-37(18-19-39(40)53-35(20-24-46(2)3)29-54-36-8-6-5-7-9-36)56(50,51)45-41(47)31-12-16-34(17-13-31)44-23-22-43-27-32-28-52-25-21-38(32)30-10-14-33(42)15-11-30/h5-19,26,35,43-44H,4,20-25,27-29H2,1-3H3,(H,45,47)/t35-/m1/s1. The van der Waals surface area contributed by atoms with E-state index in [2.05, 4.69) is 15.4 Å². The number of hydrogen-bond acceptors (Lipinski definition) is 11. The van der Waals surface area contributed by atoms with Crippen LogP contribution in [0.15, 0.2) is 117 Å². The van der Waals surface area contributed by atoms with Gasteiger partial charge in [-0.2, -0.15) is 0 Å². The second kappa shape index (κ2) is 20.5. The Morgan fingerprint density at radius 1 is 0.946 bits per heavy atom. The summed E-state index contributed by atoms with van der Waals surface area (Å²) in [7, 11) is -4.48. The zero-order chi connectivity index (χ0) is 40.1. The third-order valence-electron chi connectivity index (χ3n) is 9.05. The van der Waals surface area contributed by atoms with Crippen LogP contribution in [-0.2, 0) is 24.6 Å². The van der Waals surface area contributed by atoms with E-state index in [4.69, 9.17) is 21.1 Å². The number of rotatable bonds is 20. The van der Waals surface area contributed by atoms with E-state index in [1.165, 1.54) is 42.3 Å². The maximum atomic E-state index is 13.4. The molecule has 4 aromatic rings. The van der Waals surface area contributed by atoms with Crippen molar-refractivity contribution in [2.24, 2.45) is 0 Å². The summed E-state index contributed by atoms with van der Waals surface area (Å²) in [6, 6.07) is 27.8. The normalized spacial score (nSPS) is 14.1. The van der Waals surface area contributed by atoms with Crippen LogP contribution in [0.3, 0.4) is 0 Å². The van der Waals surface area contributed by atoms with Gasteiger partial charge < -0.3 is 25.0 Å². The molecule has 1 atom stereocenters. The number of carbonyl (C=O) groups is 1. The molecule has 3 N–H and O–H groups in total. The third-order valence-corrected chi connectivity index (χ3v) is 13.5. The molecule has 0 saturated heterocycles. The molecular formula is C41H49ClN4O7S3. The maximum Gasteiger partial charge on any atom is 0.264 e. The molecular weight excluding hydrogens is 792 g/mol. The smallest absolute Gasteiger partial charge is 0.264 e. The number of hydrogen-bond donors (Lipinski definition) is 3. The Morgan fingerprint density at radius 2 is 1.68 bits per heavy atom. The molecule has 4 aromatic carbocycles. The molecule has 11 nitrogen and oxygen atoms in total. The Labute approximate surface area is 340 Å². The summed E-state index contributed by atoms with van der Waals surface area (Å²) in [5, 5.41) is 7.45. The van der Waals surface area contributed by atoms with Crippen molar-refractivity contribution in [1.82, 2.24) is 14.9 Å². The molecule has 1 amide bonds. The van der Waals surface area contributed by atoms with Gasteiger partial charge in [0, 0.05) is 53.1 Å². The number of anilines is 1. The molecule has 0 aromatic heterocycles. The first-order valence-electron chi connectivity index (χ1n) is 18.4. The average molecular weight is 842 g/mol. The van der Waals surface area contributed by atoms with E-state index in [1.807, 2.05) is 73.6 Å². The van der Waals surface area contributed by atoms with Gasteiger partial charge in [-0.05, 0) is 110 Å². The number of nitrogens with one attached hydrogen (secondary N) is 3. The lowest BCUT2D eigenvalue weighted by molar-refractivity contribution is 0.0981. The van der Waals surface area contributed by atoms with Crippen molar-refractivity contribution in [3.8, 4) is 5.75 Å². The molecule has 1 heterocycles. The highest BCUT2D eigenvalue weighted by molar-refractivity contribution is 7.99. The Kier molecular flexibility index (Phi) is 15.8. The fraction of sp³-hybridized carbons (Fsp3) is 0.341. The number of sulfonamides is 1. The highest BCUT2D eigenvalue weighted by Crippen LogP contribution is 2.31. The van der Waals surface area contributed by atoms with Gasteiger partial charge in [0.1, 0.15) is 16.7 Å². The number of carbonyl (C=O) groups excluding carboxylic acids is 1. The Hall–Kier alpha value is -3.89. The van der Waals surface area contributed by atoms with Crippen LogP contribution in [0, 0.1) is 0 Å². The first-order valence-corrected chi connectivity index (χ1v) is 22.9. The summed E-state index contributed by atoms with van der Waals surface area (Å²) in [6.45, 7) is 5.39. The van der Waals surface area contributed by atoms with Crippen LogP contribution in [0.1, 0.15) is 35.7 Å². The van der Waals surface area contributed by atoms with Crippen LogP contribution in [0.25, 0.3) is 5.57 Å². The van der Waals surface area contributed by atoms with Gasteiger partial charge in [0.05, 0.1) is 23.9 Å². The SMILES string of the molecule is CCS(=O)(=O)c1cc(S(=O)(=O)NC(=O)c2ccc(NCCNCC3=C(c4ccc(Cl)cc4)CCOC3)cc2)ccc1O[C@H](CCN(C)C)CSc1ccccc1. The van der Waals surface area contributed by atoms with Crippen molar-refractivity contribution in [2.45, 2.75) is 40.6 Å². The number of halogens is 1. The van der Waals surface area contributed by atoms with Gasteiger partial charge in [0.15, 0.2) is 9.84 Å². The van der Waals surface area contributed by atoms with Crippen molar-refractivity contribution in [3.05, 3.63) is 119 Å². The molecule has 1 aliphatic heterocycles. The summed E-state index contributed by atoms with van der Waals surface area (Å²) in [4.78, 5) is 15.6. The van der Waals surface area contributed by atoms with Crippen LogP contribution in [0.5, 0.6) is 5.75 Å². The topological polar surface area (TPSA) is 143 Å². The molecule has 15 heteroatoms. The summed E-state index contributed by atoms with van der Waals surface area (Å²) in [5.74, 6) is -0.504. The first kappa shape index (κ1) is 43.2. The lowest BCUT2D eigenvalue weighted by Gasteiger charge is -2.23. The predicted octanol–water partition coefficient (Wildman–Crippen LogP) is 6.62. The summed E-state index contributed by atoms with van der Waals surface area (Å²) < 4.78 is 67.5. The Balaban J connectivity index is 1.19. The van der Waals surface area contributed by atoms with E-state index < -0.39 is 25.8 Å². The van der Waals surface area contributed by atoms with Gasteiger partial charge >= 0.3 is 0 Å². The van der Waals surface area contributed by atoms with E-state index in [9.17, 15) is 21.6 Å². The van der Waals surface area contributed by atoms with Crippen LogP contribution >= 0.6 is 23.4 Å². The van der Waals surface area contributed by atoms with E-state index >= 15 is 0 Å². The zero-order valence-electron chi connectivity index (χ0n) is 31.8. The number of sulfone groups is 1. The van der Waals surface area contributed by atoms with Crippen molar-refractivity contribution < 1.29 is 31.1 Å². The lowest BCUT2D eigenvalue weighted by atomic mass is 9.96. The highest BCUT2D eigenvalue weighted by Gasteiger charge is 2.26. The number of nitrogens with zero attached hydrogens (tertiary/aromatic N) is 1. The summed E-state index contributed by atoms with van der Waals surface area (Å²) in [6.07, 6.45) is 1.09. The second-order valence-corrected chi connectivity index (χ2v) is 18.9. The minimum Gasteiger partial charge on any atom is -0.488 e. The van der Waals surface area contributed by atoms with Gasteiger partial charge in [-0.15, -0.1) is 11.8 Å². The molecule has 0 fully saturated rings. The molecule has 0 saturated carbocycles. The van der Waals surface area contributed by atoms with Crippen LogP contribution in [0.2, 0.25) is 5.02 Å². The largest absolute Gasteiger partial charge is 0.488 e. The molecule has 300 valence electrons. The molecule has 0 bridgehead atoms. The van der Waals surface area contributed by atoms with Crippen molar-refractivity contribution in [1.29, 1.82) is 0 Å². The Bertz CT molecular complexity index is 2170. The van der Waals surface area contributed by atoms with E-state index in [0.717, 1.165) is 28.6 Å². The van der Waals surface area contributed by atoms with Gasteiger partial charge in [-0.1, -0.05) is 48.9 Å². The summed E-state index contributed by atoms with van der Waals surface area (Å²) >= 11 is 7.66. The van der Waals surface area contributed by atoms with Gasteiger partial charge in [-0.25, -0.2) is 21.6 Å². The van der Waals surface area contributed by atoms with Crippen molar-refractivity contribution >= 4 is 60.4 Å². The molecule has 1 aliphatic rings. The second-order valence-electron chi connectivity index (χ2n) is 13.5. The number of benzene rings is 4. The quantitative estimate of drug-likeness (QED) is 0.0653. The molecule has 0 spiro atoms. The monoisotopic (exact) mass is 840 g/mol. The lowest BCUT2D eigenvalue weighted by Crippen LogP contribution is -2.31. The Morgan fingerprint density at radius 3 is 2.38 bits per heavy atom.